The van der Waals surface area contributed by atoms with Gasteiger partial charge in [0.25, 0.3) is 0 Å². The van der Waals surface area contributed by atoms with Crippen molar-refractivity contribution < 1.29 is 13.2 Å². The Morgan fingerprint density at radius 3 is 2.39 bits per heavy atom. The highest BCUT2D eigenvalue weighted by atomic mass is 32.2. The largest absolute Gasteiger partial charge is 0.306 e. The summed E-state index contributed by atoms with van der Waals surface area (Å²) in [5.74, 6) is 0.147. The zero-order valence-corrected chi connectivity index (χ0v) is 17.2. The van der Waals surface area contributed by atoms with Gasteiger partial charge >= 0.3 is 0 Å². The number of nitrogens with zero attached hydrogens (tertiary/aromatic N) is 2. The number of piperazine rings is 1. The van der Waals surface area contributed by atoms with E-state index in [1.807, 2.05) is 50.2 Å². The number of rotatable bonds is 4. The molecule has 0 saturated carbocycles. The highest BCUT2D eigenvalue weighted by Crippen LogP contribution is 2.32. The van der Waals surface area contributed by atoms with E-state index in [1.165, 1.54) is 5.56 Å². The third-order valence-electron chi connectivity index (χ3n) is 6.00. The number of benzene rings is 2. The quantitative estimate of drug-likeness (QED) is 0.793. The van der Waals surface area contributed by atoms with E-state index < -0.39 is 9.84 Å². The SMILES string of the molecule is Cc1ccc(N2C(=O)CN(CCc3ccccc3)C3CS(=O)(=O)CC32)cc1C. The van der Waals surface area contributed by atoms with Crippen LogP contribution in [-0.2, 0) is 21.1 Å². The molecule has 0 aliphatic carbocycles. The molecular weight excluding hydrogens is 372 g/mol. The number of fused-ring (bicyclic) bond motifs is 1. The number of hydrogen-bond acceptors (Lipinski definition) is 4. The van der Waals surface area contributed by atoms with E-state index in [4.69, 9.17) is 0 Å². The van der Waals surface area contributed by atoms with Crippen LogP contribution >= 0.6 is 0 Å². The molecule has 6 heteroatoms. The maximum Gasteiger partial charge on any atom is 0.241 e. The fourth-order valence-electron chi connectivity index (χ4n) is 4.33. The van der Waals surface area contributed by atoms with Crippen LogP contribution in [0.15, 0.2) is 48.5 Å². The molecule has 0 bridgehead atoms. The first-order chi connectivity index (χ1) is 13.3. The molecule has 2 heterocycles. The predicted molar refractivity (Wildman–Crippen MR) is 111 cm³/mol. The lowest BCUT2D eigenvalue weighted by molar-refractivity contribution is -0.123. The first-order valence-corrected chi connectivity index (χ1v) is 11.5. The van der Waals surface area contributed by atoms with Gasteiger partial charge in [-0.05, 0) is 49.1 Å². The van der Waals surface area contributed by atoms with E-state index >= 15 is 0 Å². The van der Waals surface area contributed by atoms with Crippen molar-refractivity contribution in [1.82, 2.24) is 4.90 Å². The fraction of sp³-hybridized carbons (Fsp3) is 0.409. The van der Waals surface area contributed by atoms with E-state index in [2.05, 4.69) is 17.0 Å². The maximum absolute atomic E-state index is 13.1. The van der Waals surface area contributed by atoms with Gasteiger partial charge in [0.2, 0.25) is 5.91 Å². The van der Waals surface area contributed by atoms with Gasteiger partial charge in [0.15, 0.2) is 9.84 Å². The highest BCUT2D eigenvalue weighted by Gasteiger charge is 2.49. The predicted octanol–water partition coefficient (Wildman–Crippen LogP) is 2.36. The van der Waals surface area contributed by atoms with Crippen molar-refractivity contribution in [2.75, 3.05) is 29.5 Å². The Morgan fingerprint density at radius 1 is 0.964 bits per heavy atom. The summed E-state index contributed by atoms with van der Waals surface area (Å²) < 4.78 is 24.9. The van der Waals surface area contributed by atoms with Crippen LogP contribution in [0.5, 0.6) is 0 Å². The number of aryl methyl sites for hydroxylation is 2. The number of amides is 1. The lowest BCUT2D eigenvalue weighted by Gasteiger charge is -2.43. The third-order valence-corrected chi connectivity index (χ3v) is 7.70. The van der Waals surface area contributed by atoms with Crippen LogP contribution in [-0.4, -0.2) is 55.9 Å². The molecule has 5 nitrogen and oxygen atoms in total. The van der Waals surface area contributed by atoms with Gasteiger partial charge in [-0.25, -0.2) is 8.42 Å². The summed E-state index contributed by atoms with van der Waals surface area (Å²) in [5, 5.41) is 0. The van der Waals surface area contributed by atoms with Crippen molar-refractivity contribution in [3.63, 3.8) is 0 Å². The van der Waals surface area contributed by atoms with E-state index in [-0.39, 0.29) is 36.0 Å². The van der Waals surface area contributed by atoms with Crippen molar-refractivity contribution >= 4 is 21.4 Å². The first-order valence-electron chi connectivity index (χ1n) is 9.72. The summed E-state index contributed by atoms with van der Waals surface area (Å²) in [6, 6.07) is 15.6. The van der Waals surface area contributed by atoms with Gasteiger partial charge in [0.1, 0.15) is 0 Å². The van der Waals surface area contributed by atoms with Crippen molar-refractivity contribution in [3.8, 4) is 0 Å². The van der Waals surface area contributed by atoms with Crippen molar-refractivity contribution in [3.05, 3.63) is 65.2 Å². The topological polar surface area (TPSA) is 57.7 Å². The molecule has 2 aliphatic heterocycles. The molecule has 0 radical (unpaired) electrons. The third kappa shape index (κ3) is 3.71. The van der Waals surface area contributed by atoms with Gasteiger partial charge in [-0.2, -0.15) is 0 Å². The highest BCUT2D eigenvalue weighted by molar-refractivity contribution is 7.91. The Labute approximate surface area is 166 Å². The average Bonchev–Trinajstić information content (AvgIpc) is 2.98. The molecule has 28 heavy (non-hydrogen) atoms. The molecule has 1 amide bonds. The molecule has 0 aromatic heterocycles. The molecule has 2 aromatic carbocycles. The van der Waals surface area contributed by atoms with Crippen molar-refractivity contribution in [1.29, 1.82) is 0 Å². The Hall–Kier alpha value is -2.18. The zero-order valence-electron chi connectivity index (χ0n) is 16.3. The summed E-state index contributed by atoms with van der Waals surface area (Å²) in [4.78, 5) is 16.9. The summed E-state index contributed by atoms with van der Waals surface area (Å²) in [6.07, 6.45) is 0.807. The van der Waals surface area contributed by atoms with Gasteiger partial charge in [0, 0.05) is 18.3 Å². The minimum absolute atomic E-state index is 0.0188. The van der Waals surface area contributed by atoms with Gasteiger partial charge in [-0.3, -0.25) is 9.69 Å². The molecule has 2 saturated heterocycles. The number of hydrogen-bond donors (Lipinski definition) is 0. The van der Waals surface area contributed by atoms with Crippen LogP contribution in [0.4, 0.5) is 5.69 Å². The molecule has 2 atom stereocenters. The monoisotopic (exact) mass is 398 g/mol. The van der Waals surface area contributed by atoms with Crippen LogP contribution in [0.25, 0.3) is 0 Å². The summed E-state index contributed by atoms with van der Waals surface area (Å²) >= 11 is 0. The molecule has 2 unspecified atom stereocenters. The lowest BCUT2D eigenvalue weighted by Crippen LogP contribution is -2.62. The minimum Gasteiger partial charge on any atom is -0.306 e. The van der Waals surface area contributed by atoms with Crippen LogP contribution in [0.1, 0.15) is 16.7 Å². The van der Waals surface area contributed by atoms with E-state index in [1.54, 1.807) is 4.90 Å². The summed E-state index contributed by atoms with van der Waals surface area (Å²) in [7, 11) is -3.16. The first kappa shape index (κ1) is 19.2. The Balaban J connectivity index is 1.61. The second-order valence-electron chi connectivity index (χ2n) is 7.95. The smallest absolute Gasteiger partial charge is 0.241 e. The number of carbonyl (C=O) groups excluding carboxylic acids is 1. The zero-order chi connectivity index (χ0) is 19.9. The van der Waals surface area contributed by atoms with E-state index in [0.29, 0.717) is 6.54 Å². The van der Waals surface area contributed by atoms with Crippen LogP contribution in [0.2, 0.25) is 0 Å². The van der Waals surface area contributed by atoms with Gasteiger partial charge in [-0.1, -0.05) is 36.4 Å². The second-order valence-corrected chi connectivity index (χ2v) is 10.1. The molecule has 2 aliphatic rings. The standard InChI is InChI=1S/C22H26N2O3S/c1-16-8-9-19(12-17(16)2)24-21-15-28(26,27)14-20(21)23(13-22(24)25)11-10-18-6-4-3-5-7-18/h3-9,12,20-21H,10-11,13-15H2,1-2H3. The van der Waals surface area contributed by atoms with Crippen LogP contribution in [0, 0.1) is 13.8 Å². The average molecular weight is 399 g/mol. The molecule has 2 fully saturated rings. The normalized spacial score (nSPS) is 24.4. The molecule has 148 valence electrons. The van der Waals surface area contributed by atoms with Crippen molar-refractivity contribution in [2.24, 2.45) is 0 Å². The molecule has 0 N–H and O–H groups in total. The summed E-state index contributed by atoms with van der Waals surface area (Å²) in [6.45, 7) is 5.00. The molecule has 4 rings (SSSR count). The van der Waals surface area contributed by atoms with Gasteiger partial charge in [-0.15, -0.1) is 0 Å². The van der Waals surface area contributed by atoms with E-state index in [0.717, 1.165) is 23.2 Å². The minimum atomic E-state index is -3.16. The number of sulfone groups is 1. The van der Waals surface area contributed by atoms with Crippen LogP contribution in [0.3, 0.4) is 0 Å². The Morgan fingerprint density at radius 2 is 1.68 bits per heavy atom. The molecule has 0 spiro atoms. The number of anilines is 1. The van der Waals surface area contributed by atoms with Gasteiger partial charge in [0.05, 0.1) is 24.1 Å². The second kappa shape index (κ2) is 7.33. The van der Waals surface area contributed by atoms with Crippen molar-refractivity contribution in [2.45, 2.75) is 32.4 Å². The fourth-order valence-corrected chi connectivity index (χ4v) is 6.31. The maximum atomic E-state index is 13.1. The molecule has 2 aromatic rings. The molecular formula is C22H26N2O3S. The Bertz CT molecular complexity index is 988. The summed E-state index contributed by atoms with van der Waals surface area (Å²) in [5.41, 5.74) is 4.27. The lowest BCUT2D eigenvalue weighted by atomic mass is 10.0. The Kier molecular flexibility index (Phi) is 5.02. The number of carbonyl (C=O) groups is 1. The van der Waals surface area contributed by atoms with E-state index in [9.17, 15) is 13.2 Å². The van der Waals surface area contributed by atoms with Crippen LogP contribution < -0.4 is 4.90 Å². The van der Waals surface area contributed by atoms with Gasteiger partial charge < -0.3 is 4.90 Å².